The van der Waals surface area contributed by atoms with Gasteiger partial charge in [0, 0.05) is 13.0 Å². The van der Waals surface area contributed by atoms with Crippen molar-refractivity contribution in [3.63, 3.8) is 0 Å². The summed E-state index contributed by atoms with van der Waals surface area (Å²) in [5, 5.41) is 0. The van der Waals surface area contributed by atoms with Gasteiger partial charge in [-0.3, -0.25) is 4.99 Å². The first kappa shape index (κ1) is 7.47. The fourth-order valence-corrected chi connectivity index (χ4v) is 0.416. The summed E-state index contributed by atoms with van der Waals surface area (Å²) >= 11 is 0. The molecule has 0 aliphatic rings. The lowest BCUT2D eigenvalue weighted by atomic mass is 10.4. The van der Waals surface area contributed by atoms with E-state index in [1.54, 1.807) is 7.11 Å². The molecule has 0 rings (SSSR count). The molecule has 0 heterocycles. The van der Waals surface area contributed by atoms with Crippen LogP contribution < -0.4 is 0 Å². The van der Waals surface area contributed by atoms with E-state index in [9.17, 15) is 0 Å². The molecule has 0 saturated heterocycles. The van der Waals surface area contributed by atoms with Crippen LogP contribution in [0.15, 0.2) is 4.99 Å². The monoisotopic (exact) mass is 115 g/mol. The maximum atomic E-state index is 4.81. The van der Waals surface area contributed by atoms with Gasteiger partial charge in [0.15, 0.2) is 5.90 Å². The molecule has 0 radical (unpaired) electrons. The molecule has 0 unspecified atom stereocenters. The van der Waals surface area contributed by atoms with Crippen LogP contribution in [0.1, 0.15) is 20.8 Å². The average molecular weight is 115 g/mol. The maximum absolute atomic E-state index is 4.81. The predicted molar refractivity (Wildman–Crippen MR) is 35.3 cm³/mol. The molecule has 8 heavy (non-hydrogen) atoms. The summed E-state index contributed by atoms with van der Waals surface area (Å²) in [6.07, 6.45) is 0. The fourth-order valence-electron chi connectivity index (χ4n) is 0.416. The van der Waals surface area contributed by atoms with Crippen molar-refractivity contribution in [1.82, 2.24) is 0 Å². The standard InChI is InChI=1S/C6H13NO/c1-5(2)7-6(3)8-4/h5H,1-4H3. The van der Waals surface area contributed by atoms with E-state index in [-0.39, 0.29) is 0 Å². The Balaban J connectivity index is 3.56. The SMILES string of the molecule is COC(C)=NC(C)C. The summed E-state index contributed by atoms with van der Waals surface area (Å²) in [5.74, 6) is 0.750. The first-order valence-electron chi connectivity index (χ1n) is 2.75. The van der Waals surface area contributed by atoms with E-state index in [0.717, 1.165) is 5.90 Å². The molecule has 0 N–H and O–H groups in total. The van der Waals surface area contributed by atoms with Gasteiger partial charge in [0.25, 0.3) is 0 Å². The van der Waals surface area contributed by atoms with Crippen molar-refractivity contribution in [3.05, 3.63) is 0 Å². The van der Waals surface area contributed by atoms with Gasteiger partial charge in [0.1, 0.15) is 0 Å². The van der Waals surface area contributed by atoms with E-state index in [1.807, 2.05) is 20.8 Å². The molecule has 0 spiro atoms. The zero-order valence-electron chi connectivity index (χ0n) is 5.93. The van der Waals surface area contributed by atoms with Gasteiger partial charge in [0.2, 0.25) is 0 Å². The van der Waals surface area contributed by atoms with E-state index in [2.05, 4.69) is 4.99 Å². The summed E-state index contributed by atoms with van der Waals surface area (Å²) in [6.45, 7) is 5.88. The van der Waals surface area contributed by atoms with Crippen LogP contribution in [0.5, 0.6) is 0 Å². The van der Waals surface area contributed by atoms with Gasteiger partial charge in [0.05, 0.1) is 7.11 Å². The number of aliphatic imine (C=N–C) groups is 1. The molecule has 2 heteroatoms. The topological polar surface area (TPSA) is 21.6 Å². The van der Waals surface area contributed by atoms with Gasteiger partial charge in [-0.2, -0.15) is 0 Å². The van der Waals surface area contributed by atoms with Crippen LogP contribution in [-0.2, 0) is 4.74 Å². The Morgan fingerprint density at radius 3 is 2.12 bits per heavy atom. The van der Waals surface area contributed by atoms with Crippen LogP contribution >= 0.6 is 0 Å². The van der Waals surface area contributed by atoms with Crippen LogP contribution in [0.3, 0.4) is 0 Å². The van der Waals surface area contributed by atoms with Crippen molar-refractivity contribution in [3.8, 4) is 0 Å². The Morgan fingerprint density at radius 1 is 1.50 bits per heavy atom. The molecule has 2 nitrogen and oxygen atoms in total. The lowest BCUT2D eigenvalue weighted by Crippen LogP contribution is -1.99. The quantitative estimate of drug-likeness (QED) is 0.374. The number of hydrogen-bond acceptors (Lipinski definition) is 2. The number of methoxy groups -OCH3 is 1. The number of nitrogens with zero attached hydrogens (tertiary/aromatic N) is 1. The molecule has 0 aliphatic carbocycles. The third kappa shape index (κ3) is 3.65. The first-order valence-corrected chi connectivity index (χ1v) is 2.75. The minimum Gasteiger partial charge on any atom is -0.484 e. The van der Waals surface area contributed by atoms with Crippen molar-refractivity contribution in [1.29, 1.82) is 0 Å². The molecule has 0 aromatic rings. The molecule has 0 aromatic heterocycles. The molecule has 0 saturated carbocycles. The second-order valence-electron chi connectivity index (χ2n) is 1.95. The van der Waals surface area contributed by atoms with Crippen molar-refractivity contribution in [2.24, 2.45) is 4.99 Å². The highest BCUT2D eigenvalue weighted by atomic mass is 16.5. The lowest BCUT2D eigenvalue weighted by molar-refractivity contribution is 0.395. The van der Waals surface area contributed by atoms with E-state index < -0.39 is 0 Å². The molecule has 0 atom stereocenters. The smallest absolute Gasteiger partial charge is 0.179 e. The van der Waals surface area contributed by atoms with Gasteiger partial charge in [-0.1, -0.05) is 0 Å². The minimum atomic E-state index is 0.343. The molecule has 0 bridgehead atoms. The Kier molecular flexibility index (Phi) is 3.24. The molecule has 0 aromatic carbocycles. The molecule has 0 fully saturated rings. The summed E-state index contributed by atoms with van der Waals surface area (Å²) in [7, 11) is 1.63. The normalized spacial score (nSPS) is 12.4. The van der Waals surface area contributed by atoms with Crippen LogP contribution in [0.4, 0.5) is 0 Å². The molecular formula is C6H13NO. The van der Waals surface area contributed by atoms with Crippen LogP contribution in [0, 0.1) is 0 Å². The highest BCUT2D eigenvalue weighted by Gasteiger charge is 1.87. The highest BCUT2D eigenvalue weighted by molar-refractivity contribution is 5.72. The Hall–Kier alpha value is -0.530. The molecule has 48 valence electrons. The van der Waals surface area contributed by atoms with Crippen LogP contribution in [-0.4, -0.2) is 19.0 Å². The largest absolute Gasteiger partial charge is 0.484 e. The molecule has 0 amide bonds. The summed E-state index contributed by atoms with van der Waals surface area (Å²) in [5.41, 5.74) is 0. The van der Waals surface area contributed by atoms with Gasteiger partial charge >= 0.3 is 0 Å². The Labute approximate surface area is 50.6 Å². The van der Waals surface area contributed by atoms with E-state index in [4.69, 9.17) is 4.74 Å². The van der Waals surface area contributed by atoms with Crippen molar-refractivity contribution < 1.29 is 4.74 Å². The average Bonchev–Trinajstić information content (AvgIpc) is 1.65. The highest BCUT2D eigenvalue weighted by Crippen LogP contribution is 1.87. The maximum Gasteiger partial charge on any atom is 0.179 e. The third-order valence-corrected chi connectivity index (χ3v) is 0.735. The second kappa shape index (κ2) is 3.47. The fraction of sp³-hybridized carbons (Fsp3) is 0.833. The first-order chi connectivity index (χ1) is 3.66. The van der Waals surface area contributed by atoms with Crippen molar-refractivity contribution >= 4 is 5.90 Å². The predicted octanol–water partition coefficient (Wildman–Crippen LogP) is 1.46. The zero-order valence-corrected chi connectivity index (χ0v) is 5.93. The van der Waals surface area contributed by atoms with Gasteiger partial charge in [-0.25, -0.2) is 0 Å². The number of ether oxygens (including phenoxy) is 1. The van der Waals surface area contributed by atoms with E-state index >= 15 is 0 Å². The molecule has 0 aliphatic heterocycles. The number of rotatable bonds is 1. The van der Waals surface area contributed by atoms with Crippen molar-refractivity contribution in [2.75, 3.05) is 7.11 Å². The Morgan fingerprint density at radius 2 is 2.00 bits per heavy atom. The van der Waals surface area contributed by atoms with Gasteiger partial charge in [-0.05, 0) is 13.8 Å². The van der Waals surface area contributed by atoms with Gasteiger partial charge in [-0.15, -0.1) is 0 Å². The summed E-state index contributed by atoms with van der Waals surface area (Å²) < 4.78 is 4.81. The van der Waals surface area contributed by atoms with E-state index in [1.165, 1.54) is 0 Å². The Bertz CT molecular complexity index is 86.5. The van der Waals surface area contributed by atoms with Crippen LogP contribution in [0.25, 0.3) is 0 Å². The lowest BCUT2D eigenvalue weighted by Gasteiger charge is -1.98. The van der Waals surface area contributed by atoms with E-state index in [0.29, 0.717) is 6.04 Å². The van der Waals surface area contributed by atoms with Crippen LogP contribution in [0.2, 0.25) is 0 Å². The zero-order chi connectivity index (χ0) is 6.57. The van der Waals surface area contributed by atoms with Crippen molar-refractivity contribution in [2.45, 2.75) is 26.8 Å². The minimum absolute atomic E-state index is 0.343. The third-order valence-electron chi connectivity index (χ3n) is 0.735. The second-order valence-corrected chi connectivity index (χ2v) is 1.95. The number of hydrogen-bond donors (Lipinski definition) is 0. The van der Waals surface area contributed by atoms with Gasteiger partial charge < -0.3 is 4.74 Å². The molecular weight excluding hydrogens is 102 g/mol. The summed E-state index contributed by atoms with van der Waals surface area (Å²) in [6, 6.07) is 0.343. The summed E-state index contributed by atoms with van der Waals surface area (Å²) in [4.78, 5) is 4.09.